The van der Waals surface area contributed by atoms with Gasteiger partial charge in [0.2, 0.25) is 0 Å². The summed E-state index contributed by atoms with van der Waals surface area (Å²) in [7, 11) is 3.16. The highest BCUT2D eigenvalue weighted by molar-refractivity contribution is 7.10. The summed E-state index contributed by atoms with van der Waals surface area (Å²) < 4.78 is 18.4. The van der Waals surface area contributed by atoms with E-state index in [4.69, 9.17) is 14.2 Å². The number of thiazole rings is 1. The lowest BCUT2D eigenvalue weighted by Crippen LogP contribution is -2.39. The second kappa shape index (κ2) is 9.99. The van der Waals surface area contributed by atoms with Crippen LogP contribution in [0.1, 0.15) is 37.3 Å². The van der Waals surface area contributed by atoms with E-state index in [9.17, 15) is 9.59 Å². The molecular weight excluding hydrogens is 472 g/mol. The molecule has 1 unspecified atom stereocenters. The molecule has 1 aliphatic rings. The molecule has 3 heterocycles. The number of rotatable bonds is 7. The highest BCUT2D eigenvalue weighted by Crippen LogP contribution is 2.33. The Morgan fingerprint density at radius 1 is 1.24 bits per heavy atom. The van der Waals surface area contributed by atoms with Crippen LogP contribution in [0, 0.1) is 5.92 Å². The fourth-order valence-electron chi connectivity index (χ4n) is 3.70. The molecule has 7 nitrogen and oxygen atoms in total. The summed E-state index contributed by atoms with van der Waals surface area (Å²) in [6, 6.07) is 8.66. The topological polar surface area (TPSA) is 79.1 Å². The van der Waals surface area contributed by atoms with Crippen LogP contribution in [-0.2, 0) is 9.53 Å². The molecule has 2 aromatic heterocycles. The van der Waals surface area contributed by atoms with Crippen molar-refractivity contribution in [3.8, 4) is 11.5 Å². The van der Waals surface area contributed by atoms with Gasteiger partial charge in [-0.1, -0.05) is 31.3 Å². The number of carbonyl (C=O) groups is 1. The maximum Gasteiger partial charge on any atom is 0.338 e. The fourth-order valence-corrected chi connectivity index (χ4v) is 5.56. The van der Waals surface area contributed by atoms with Gasteiger partial charge in [-0.3, -0.25) is 9.36 Å². The number of benzene rings is 1. The highest BCUT2D eigenvalue weighted by Gasteiger charge is 2.34. The third kappa shape index (κ3) is 4.58. The molecule has 34 heavy (non-hydrogen) atoms. The van der Waals surface area contributed by atoms with Crippen molar-refractivity contribution in [3.05, 3.63) is 77.1 Å². The number of hydrogen-bond donors (Lipinski definition) is 0. The molecule has 0 amide bonds. The van der Waals surface area contributed by atoms with E-state index in [0.29, 0.717) is 38.7 Å². The van der Waals surface area contributed by atoms with Gasteiger partial charge in [0.25, 0.3) is 5.56 Å². The standard InChI is InChI=1S/C25H26N2O5S2/c1-14(2)13-32-24(29)21-15(3)26-25-27(22(21)19-7-6-10-33-19)23(28)20(34-25)11-16-8-9-17(30-4)12-18(16)31-5/h6-12,14,22H,13H2,1-5H3/b20-11+. The summed E-state index contributed by atoms with van der Waals surface area (Å²) in [5.41, 5.74) is 1.47. The molecule has 0 saturated carbocycles. The van der Waals surface area contributed by atoms with Gasteiger partial charge in [-0.2, -0.15) is 0 Å². The Hall–Kier alpha value is -3.17. The number of fused-ring (bicyclic) bond motifs is 1. The average molecular weight is 499 g/mol. The Bertz CT molecular complexity index is 1410. The van der Waals surface area contributed by atoms with Gasteiger partial charge in [-0.05, 0) is 42.5 Å². The molecule has 0 N–H and O–H groups in total. The van der Waals surface area contributed by atoms with Crippen molar-refractivity contribution >= 4 is 34.7 Å². The molecular formula is C25H26N2O5S2. The molecule has 1 atom stereocenters. The number of methoxy groups -OCH3 is 2. The largest absolute Gasteiger partial charge is 0.497 e. The van der Waals surface area contributed by atoms with Crippen LogP contribution in [0.25, 0.3) is 6.08 Å². The maximum absolute atomic E-state index is 13.6. The Morgan fingerprint density at radius 3 is 2.68 bits per heavy atom. The minimum atomic E-state index is -0.587. The van der Waals surface area contributed by atoms with Gasteiger partial charge in [0, 0.05) is 16.5 Å². The molecule has 1 aliphatic heterocycles. The van der Waals surface area contributed by atoms with Crippen LogP contribution >= 0.6 is 22.7 Å². The first-order valence-electron chi connectivity index (χ1n) is 10.8. The zero-order chi connectivity index (χ0) is 24.4. The summed E-state index contributed by atoms with van der Waals surface area (Å²) in [6.45, 7) is 6.05. The van der Waals surface area contributed by atoms with Crippen molar-refractivity contribution in [1.82, 2.24) is 4.57 Å². The van der Waals surface area contributed by atoms with Crippen LogP contribution in [0.2, 0.25) is 0 Å². The number of ether oxygens (including phenoxy) is 3. The van der Waals surface area contributed by atoms with Gasteiger partial charge in [0.15, 0.2) is 4.80 Å². The van der Waals surface area contributed by atoms with E-state index in [-0.39, 0.29) is 11.5 Å². The molecule has 0 bridgehead atoms. The van der Waals surface area contributed by atoms with E-state index >= 15 is 0 Å². The first kappa shape index (κ1) is 24.0. The molecule has 1 aromatic carbocycles. The molecule has 0 aliphatic carbocycles. The SMILES string of the molecule is COc1ccc(/C=c2/sc3n(c2=O)C(c2cccs2)C(C(=O)OCC(C)C)=C(C)N=3)c(OC)c1. The van der Waals surface area contributed by atoms with E-state index < -0.39 is 12.0 Å². The number of thiophene rings is 1. The molecule has 178 valence electrons. The van der Waals surface area contributed by atoms with Gasteiger partial charge in [-0.15, -0.1) is 11.3 Å². The zero-order valence-electron chi connectivity index (χ0n) is 19.7. The van der Waals surface area contributed by atoms with Crippen LogP contribution in [0.4, 0.5) is 0 Å². The second-order valence-electron chi connectivity index (χ2n) is 8.20. The van der Waals surface area contributed by atoms with Gasteiger partial charge < -0.3 is 14.2 Å². The molecule has 3 aromatic rings. The second-order valence-corrected chi connectivity index (χ2v) is 10.2. The first-order chi connectivity index (χ1) is 16.3. The fraction of sp³-hybridized carbons (Fsp3) is 0.320. The van der Waals surface area contributed by atoms with Gasteiger partial charge in [-0.25, -0.2) is 9.79 Å². The number of hydrogen-bond acceptors (Lipinski definition) is 8. The van der Waals surface area contributed by atoms with Crippen molar-refractivity contribution in [2.24, 2.45) is 10.9 Å². The van der Waals surface area contributed by atoms with Crippen LogP contribution < -0.4 is 24.4 Å². The minimum absolute atomic E-state index is 0.200. The Labute approximate surface area is 205 Å². The summed E-state index contributed by atoms with van der Waals surface area (Å²) in [5, 5.41) is 1.93. The van der Waals surface area contributed by atoms with Crippen LogP contribution in [0.3, 0.4) is 0 Å². The predicted octanol–water partition coefficient (Wildman–Crippen LogP) is 3.51. The van der Waals surface area contributed by atoms with E-state index in [0.717, 1.165) is 10.4 Å². The molecule has 0 radical (unpaired) electrons. The number of aromatic nitrogens is 1. The molecule has 0 fully saturated rings. The molecule has 4 rings (SSSR count). The first-order valence-corrected chi connectivity index (χ1v) is 12.5. The summed E-state index contributed by atoms with van der Waals surface area (Å²) in [6.07, 6.45) is 1.78. The lowest BCUT2D eigenvalue weighted by atomic mass is 10.0. The third-order valence-corrected chi connectivity index (χ3v) is 7.24. The number of nitrogens with zero attached hydrogens (tertiary/aromatic N) is 2. The Morgan fingerprint density at radius 2 is 2.03 bits per heavy atom. The van der Waals surface area contributed by atoms with Crippen molar-refractivity contribution in [1.29, 1.82) is 0 Å². The van der Waals surface area contributed by atoms with Crippen LogP contribution in [-0.4, -0.2) is 31.4 Å². The van der Waals surface area contributed by atoms with E-state index in [1.165, 1.54) is 22.7 Å². The average Bonchev–Trinajstić information content (AvgIpc) is 3.45. The van der Waals surface area contributed by atoms with Crippen molar-refractivity contribution in [3.63, 3.8) is 0 Å². The number of esters is 1. The van der Waals surface area contributed by atoms with Crippen LogP contribution in [0.5, 0.6) is 11.5 Å². The van der Waals surface area contributed by atoms with Crippen molar-refractivity contribution in [2.45, 2.75) is 26.8 Å². The predicted molar refractivity (Wildman–Crippen MR) is 133 cm³/mol. The maximum atomic E-state index is 13.6. The van der Waals surface area contributed by atoms with Gasteiger partial charge >= 0.3 is 5.97 Å². The Kier molecular flexibility index (Phi) is 7.04. The van der Waals surface area contributed by atoms with E-state index in [1.807, 2.05) is 43.5 Å². The van der Waals surface area contributed by atoms with E-state index in [2.05, 4.69) is 4.99 Å². The molecule has 0 saturated heterocycles. The number of allylic oxidation sites excluding steroid dienone is 1. The summed E-state index contributed by atoms with van der Waals surface area (Å²) in [4.78, 5) is 32.8. The van der Waals surface area contributed by atoms with E-state index in [1.54, 1.807) is 37.9 Å². The molecule has 0 spiro atoms. The monoisotopic (exact) mass is 498 g/mol. The number of carbonyl (C=O) groups excluding carboxylic acids is 1. The third-order valence-electron chi connectivity index (χ3n) is 5.33. The van der Waals surface area contributed by atoms with Crippen molar-refractivity contribution < 1.29 is 19.0 Å². The quantitative estimate of drug-likeness (QED) is 0.466. The van der Waals surface area contributed by atoms with Gasteiger partial charge in [0.1, 0.15) is 17.5 Å². The highest BCUT2D eigenvalue weighted by atomic mass is 32.1. The lowest BCUT2D eigenvalue weighted by molar-refractivity contribution is -0.140. The summed E-state index contributed by atoms with van der Waals surface area (Å²) >= 11 is 2.77. The van der Waals surface area contributed by atoms with Crippen LogP contribution in [0.15, 0.2) is 56.8 Å². The summed E-state index contributed by atoms with van der Waals surface area (Å²) in [5.74, 6) is 1.01. The van der Waals surface area contributed by atoms with Crippen molar-refractivity contribution in [2.75, 3.05) is 20.8 Å². The Balaban J connectivity index is 1.87. The zero-order valence-corrected chi connectivity index (χ0v) is 21.3. The minimum Gasteiger partial charge on any atom is -0.497 e. The normalized spacial score (nSPS) is 15.8. The van der Waals surface area contributed by atoms with Gasteiger partial charge in [0.05, 0.1) is 36.6 Å². The smallest absolute Gasteiger partial charge is 0.338 e. The molecule has 9 heteroatoms. The lowest BCUT2D eigenvalue weighted by Gasteiger charge is -2.23.